The van der Waals surface area contributed by atoms with E-state index in [4.69, 9.17) is 0 Å². The minimum Gasteiger partial charge on any atom is -0.504 e. The summed E-state index contributed by atoms with van der Waals surface area (Å²) in [6.07, 6.45) is 0. The third kappa shape index (κ3) is 1.65. The van der Waals surface area contributed by atoms with Gasteiger partial charge in [0, 0.05) is 9.86 Å². The smallest absolute Gasteiger partial charge is 0.169 e. The highest BCUT2D eigenvalue weighted by Crippen LogP contribution is 2.38. The third-order valence-electron chi connectivity index (χ3n) is 2.43. The van der Waals surface area contributed by atoms with Crippen molar-refractivity contribution in [3.8, 4) is 11.5 Å². The van der Waals surface area contributed by atoms with Gasteiger partial charge in [-0.25, -0.2) is 0 Å². The number of hydrogen-bond donors (Lipinski definition) is 2. The van der Waals surface area contributed by atoms with Crippen LogP contribution >= 0.6 is 15.9 Å². The largest absolute Gasteiger partial charge is 0.504 e. The van der Waals surface area contributed by atoms with Crippen molar-refractivity contribution in [2.24, 2.45) is 0 Å². The molecular weight excluding hydrogens is 272 g/mol. The minimum atomic E-state index is -0.359. The van der Waals surface area contributed by atoms with Gasteiger partial charge in [0.1, 0.15) is 0 Å². The number of phenols is 2. The lowest BCUT2D eigenvalue weighted by Crippen LogP contribution is -1.93. The summed E-state index contributed by atoms with van der Waals surface area (Å²) in [5, 5.41) is 20.6. The van der Waals surface area contributed by atoms with E-state index in [0.29, 0.717) is 10.8 Å². The van der Waals surface area contributed by atoms with Crippen molar-refractivity contribution in [2.45, 2.75) is 6.92 Å². The fourth-order valence-electron chi connectivity index (χ4n) is 1.62. The first kappa shape index (κ1) is 11.0. The molecule has 3 nitrogen and oxygen atoms in total. The highest BCUT2D eigenvalue weighted by atomic mass is 79.9. The van der Waals surface area contributed by atoms with Crippen LogP contribution in [0.15, 0.2) is 28.7 Å². The SMILES string of the molecule is CC(=O)c1cc2cc(Br)ccc2c(O)c1O. The predicted octanol–water partition coefficient (Wildman–Crippen LogP) is 3.22. The molecule has 82 valence electrons. The van der Waals surface area contributed by atoms with Gasteiger partial charge in [-0.2, -0.15) is 0 Å². The van der Waals surface area contributed by atoms with Crippen molar-refractivity contribution >= 4 is 32.5 Å². The number of hydrogen-bond acceptors (Lipinski definition) is 3. The van der Waals surface area contributed by atoms with Crippen LogP contribution < -0.4 is 0 Å². The molecule has 0 heterocycles. The Labute approximate surface area is 100 Å². The fourth-order valence-corrected chi connectivity index (χ4v) is 1.99. The van der Waals surface area contributed by atoms with Crippen molar-refractivity contribution in [3.05, 3.63) is 34.3 Å². The number of halogens is 1. The molecule has 0 unspecified atom stereocenters. The van der Waals surface area contributed by atoms with Crippen LogP contribution in [0.3, 0.4) is 0 Å². The molecule has 0 atom stereocenters. The molecule has 0 fully saturated rings. The molecule has 0 aromatic heterocycles. The Bertz CT molecular complexity index is 590. The highest BCUT2D eigenvalue weighted by molar-refractivity contribution is 9.10. The van der Waals surface area contributed by atoms with Crippen molar-refractivity contribution in [2.75, 3.05) is 0 Å². The molecular formula is C12H9BrO3. The summed E-state index contributed by atoms with van der Waals surface area (Å²) in [5.41, 5.74) is 0.128. The van der Waals surface area contributed by atoms with Crippen LogP contribution in [-0.2, 0) is 0 Å². The van der Waals surface area contributed by atoms with Crippen LogP contribution in [0.25, 0.3) is 10.8 Å². The van der Waals surface area contributed by atoms with Gasteiger partial charge in [0.05, 0.1) is 5.56 Å². The van der Waals surface area contributed by atoms with Gasteiger partial charge in [0.2, 0.25) is 0 Å². The second kappa shape index (κ2) is 3.79. The molecule has 0 bridgehead atoms. The second-order valence-electron chi connectivity index (χ2n) is 3.54. The van der Waals surface area contributed by atoms with Gasteiger partial charge in [0.15, 0.2) is 17.3 Å². The number of benzene rings is 2. The van der Waals surface area contributed by atoms with E-state index in [0.717, 1.165) is 4.47 Å². The summed E-state index contributed by atoms with van der Waals surface area (Å²) in [6, 6.07) is 6.78. The number of carbonyl (C=O) groups is 1. The van der Waals surface area contributed by atoms with E-state index in [1.54, 1.807) is 24.3 Å². The van der Waals surface area contributed by atoms with Crippen LogP contribution in [0.5, 0.6) is 11.5 Å². The lowest BCUT2D eigenvalue weighted by Gasteiger charge is -2.07. The van der Waals surface area contributed by atoms with E-state index in [2.05, 4.69) is 15.9 Å². The summed E-state index contributed by atoms with van der Waals surface area (Å²) in [6.45, 7) is 1.35. The van der Waals surface area contributed by atoms with Gasteiger partial charge in [-0.05, 0) is 36.6 Å². The quantitative estimate of drug-likeness (QED) is 0.623. The number of Topliss-reactive ketones (excluding diaryl/α,β-unsaturated/α-hetero) is 1. The number of ketones is 1. The molecule has 2 N–H and O–H groups in total. The Morgan fingerprint density at radius 2 is 1.88 bits per heavy atom. The standard InChI is InChI=1S/C12H9BrO3/c1-6(14)10-5-7-4-8(13)2-3-9(7)11(15)12(10)16/h2-5,15-16H,1H3. The topological polar surface area (TPSA) is 57.5 Å². The maximum absolute atomic E-state index is 11.3. The number of aromatic hydroxyl groups is 2. The molecule has 0 aliphatic heterocycles. The van der Waals surface area contributed by atoms with Crippen LogP contribution in [0, 0.1) is 0 Å². The molecule has 4 heteroatoms. The van der Waals surface area contributed by atoms with E-state index >= 15 is 0 Å². The number of phenolic OH excluding ortho intramolecular Hbond substituents is 2. The Morgan fingerprint density at radius 3 is 2.50 bits per heavy atom. The molecule has 2 aromatic rings. The fraction of sp³-hybridized carbons (Fsp3) is 0.0833. The first-order valence-corrected chi connectivity index (χ1v) is 5.45. The summed E-state index contributed by atoms with van der Waals surface area (Å²) < 4.78 is 0.847. The average Bonchev–Trinajstić information content (AvgIpc) is 2.22. The average molecular weight is 281 g/mol. The van der Waals surface area contributed by atoms with Gasteiger partial charge < -0.3 is 10.2 Å². The summed E-state index contributed by atoms with van der Waals surface area (Å²) in [5.74, 6) is -0.896. The van der Waals surface area contributed by atoms with Crippen molar-refractivity contribution in [1.82, 2.24) is 0 Å². The zero-order chi connectivity index (χ0) is 11.9. The maximum Gasteiger partial charge on any atom is 0.169 e. The molecule has 0 radical (unpaired) electrons. The molecule has 0 aliphatic rings. The van der Waals surface area contributed by atoms with E-state index in [1.807, 2.05) is 0 Å². The van der Waals surface area contributed by atoms with Crippen LogP contribution in [0.2, 0.25) is 0 Å². The Kier molecular flexibility index (Phi) is 2.59. The Morgan fingerprint density at radius 1 is 1.19 bits per heavy atom. The maximum atomic E-state index is 11.3. The Balaban J connectivity index is 2.88. The molecule has 0 amide bonds. The molecule has 0 spiro atoms. The molecule has 2 rings (SSSR count). The molecule has 0 aliphatic carbocycles. The molecule has 0 saturated heterocycles. The zero-order valence-electron chi connectivity index (χ0n) is 8.49. The van der Waals surface area contributed by atoms with Gasteiger partial charge in [-0.3, -0.25) is 4.79 Å². The van der Waals surface area contributed by atoms with E-state index in [9.17, 15) is 15.0 Å². The lowest BCUT2D eigenvalue weighted by atomic mass is 10.0. The second-order valence-corrected chi connectivity index (χ2v) is 4.46. The Hall–Kier alpha value is -1.55. The van der Waals surface area contributed by atoms with Crippen LogP contribution in [0.4, 0.5) is 0 Å². The predicted molar refractivity (Wildman–Crippen MR) is 65.0 cm³/mol. The van der Waals surface area contributed by atoms with Crippen molar-refractivity contribution in [3.63, 3.8) is 0 Å². The first-order valence-electron chi connectivity index (χ1n) is 4.66. The molecule has 16 heavy (non-hydrogen) atoms. The van der Waals surface area contributed by atoms with Crippen molar-refractivity contribution in [1.29, 1.82) is 0 Å². The molecule has 0 saturated carbocycles. The zero-order valence-corrected chi connectivity index (χ0v) is 10.1. The van der Waals surface area contributed by atoms with Gasteiger partial charge in [-0.1, -0.05) is 15.9 Å². The lowest BCUT2D eigenvalue weighted by molar-refractivity contribution is 0.101. The van der Waals surface area contributed by atoms with Crippen LogP contribution in [-0.4, -0.2) is 16.0 Å². The molecule has 2 aromatic carbocycles. The minimum absolute atomic E-state index is 0.128. The van der Waals surface area contributed by atoms with Gasteiger partial charge >= 0.3 is 0 Å². The van der Waals surface area contributed by atoms with E-state index < -0.39 is 0 Å². The third-order valence-corrected chi connectivity index (χ3v) is 2.92. The summed E-state index contributed by atoms with van der Waals surface area (Å²) in [4.78, 5) is 11.3. The first-order chi connectivity index (χ1) is 7.50. The number of fused-ring (bicyclic) bond motifs is 1. The van der Waals surface area contributed by atoms with Gasteiger partial charge in [-0.15, -0.1) is 0 Å². The normalized spacial score (nSPS) is 10.6. The van der Waals surface area contributed by atoms with Gasteiger partial charge in [0.25, 0.3) is 0 Å². The monoisotopic (exact) mass is 280 g/mol. The highest BCUT2D eigenvalue weighted by Gasteiger charge is 2.14. The number of rotatable bonds is 1. The van der Waals surface area contributed by atoms with Crippen molar-refractivity contribution < 1.29 is 15.0 Å². The number of carbonyl (C=O) groups excluding carboxylic acids is 1. The van der Waals surface area contributed by atoms with E-state index in [1.165, 1.54) is 6.92 Å². The van der Waals surface area contributed by atoms with E-state index in [-0.39, 0.29) is 22.8 Å². The summed E-state index contributed by atoms with van der Waals surface area (Å²) in [7, 11) is 0. The van der Waals surface area contributed by atoms with Crippen LogP contribution in [0.1, 0.15) is 17.3 Å². The summed E-state index contributed by atoms with van der Waals surface area (Å²) >= 11 is 3.31.